The lowest BCUT2D eigenvalue weighted by Crippen LogP contribution is -1.99. The molecule has 5 heteroatoms. The van der Waals surface area contributed by atoms with Gasteiger partial charge in [-0.1, -0.05) is 27.7 Å². The van der Waals surface area contributed by atoms with E-state index in [0.29, 0.717) is 28.2 Å². The van der Waals surface area contributed by atoms with Gasteiger partial charge in [-0.3, -0.25) is 4.79 Å². The van der Waals surface area contributed by atoms with E-state index < -0.39 is 0 Å². The van der Waals surface area contributed by atoms with Crippen molar-refractivity contribution >= 4 is 22.6 Å². The number of hydrogen-bond donors (Lipinski definition) is 2. The highest BCUT2D eigenvalue weighted by Crippen LogP contribution is 2.21. The van der Waals surface area contributed by atoms with Gasteiger partial charge in [0.1, 0.15) is 17.3 Å². The van der Waals surface area contributed by atoms with Crippen LogP contribution in [0.3, 0.4) is 0 Å². The minimum absolute atomic E-state index is 0.0459. The first kappa shape index (κ1) is 16.1. The number of H-pyrrole nitrogens is 1. The third-order valence-electron chi connectivity index (χ3n) is 2.05. The molecular weight excluding hydrogens is 228 g/mol. The number of hydrogen-bond acceptors (Lipinski definition) is 4. The number of fused-ring (bicyclic) bond motifs is 1. The number of nitrogens with zero attached hydrogens (tertiary/aromatic N) is 2. The standard InChI is InChI=1S/C9H10N4O.2C2H6/c1-4(14)6-3-11-9-7(6)8(10)12-5(2)13-9;2*1-2/h3H,1-2H3,(H3,10,11,12,13);2*1-2H3. The molecule has 5 nitrogen and oxygen atoms in total. The normalized spacial score (nSPS) is 9.00. The zero-order valence-corrected chi connectivity index (χ0v) is 12.0. The predicted octanol–water partition coefficient (Wildman–Crippen LogP) is 3.10. The number of rotatable bonds is 1. The first-order valence-corrected chi connectivity index (χ1v) is 6.21. The van der Waals surface area contributed by atoms with E-state index in [1.54, 1.807) is 13.1 Å². The fourth-order valence-electron chi connectivity index (χ4n) is 1.45. The van der Waals surface area contributed by atoms with Crippen LogP contribution in [0.5, 0.6) is 0 Å². The SMILES string of the molecule is CC.CC.CC(=O)c1c[nH]c2nc(C)nc(N)c12. The van der Waals surface area contributed by atoms with Gasteiger partial charge in [-0.15, -0.1) is 0 Å². The number of nitrogens with one attached hydrogen (secondary N) is 1. The minimum atomic E-state index is -0.0459. The van der Waals surface area contributed by atoms with E-state index in [4.69, 9.17) is 5.73 Å². The van der Waals surface area contributed by atoms with Crippen LogP contribution in [-0.2, 0) is 0 Å². The first-order chi connectivity index (χ1) is 8.59. The molecule has 2 aromatic rings. The predicted molar refractivity (Wildman–Crippen MR) is 75.7 cm³/mol. The number of carbonyl (C=O) groups is 1. The Bertz CT molecular complexity index is 517. The summed E-state index contributed by atoms with van der Waals surface area (Å²) in [5, 5.41) is 0.614. The van der Waals surface area contributed by atoms with E-state index >= 15 is 0 Å². The van der Waals surface area contributed by atoms with Crippen LogP contribution in [0.15, 0.2) is 6.20 Å². The minimum Gasteiger partial charge on any atom is -0.383 e. The van der Waals surface area contributed by atoms with Crippen LogP contribution in [0.2, 0.25) is 0 Å². The molecule has 0 aliphatic rings. The number of aryl methyl sites for hydroxylation is 1. The van der Waals surface area contributed by atoms with Crippen LogP contribution >= 0.6 is 0 Å². The van der Waals surface area contributed by atoms with Gasteiger partial charge >= 0.3 is 0 Å². The maximum Gasteiger partial charge on any atom is 0.162 e. The number of nitrogens with two attached hydrogens (primary N) is 1. The molecule has 2 rings (SSSR count). The van der Waals surface area contributed by atoms with E-state index in [1.165, 1.54) is 6.92 Å². The molecule has 18 heavy (non-hydrogen) atoms. The van der Waals surface area contributed by atoms with Crippen LogP contribution in [0.25, 0.3) is 11.0 Å². The van der Waals surface area contributed by atoms with Crippen molar-refractivity contribution in [3.05, 3.63) is 17.6 Å². The molecule has 0 saturated carbocycles. The van der Waals surface area contributed by atoms with E-state index in [-0.39, 0.29) is 5.78 Å². The number of aromatic nitrogens is 3. The lowest BCUT2D eigenvalue weighted by atomic mass is 10.2. The average Bonchev–Trinajstić information content (AvgIpc) is 2.78. The van der Waals surface area contributed by atoms with Crippen LogP contribution in [0.4, 0.5) is 5.82 Å². The second-order valence-electron chi connectivity index (χ2n) is 3.14. The lowest BCUT2D eigenvalue weighted by molar-refractivity contribution is 0.101. The van der Waals surface area contributed by atoms with Crippen molar-refractivity contribution in [1.29, 1.82) is 0 Å². The molecule has 0 aliphatic carbocycles. The summed E-state index contributed by atoms with van der Waals surface area (Å²) in [5.41, 5.74) is 6.87. The van der Waals surface area contributed by atoms with Crippen molar-refractivity contribution in [2.45, 2.75) is 41.5 Å². The van der Waals surface area contributed by atoms with Gasteiger partial charge in [0.2, 0.25) is 0 Å². The molecule has 0 aliphatic heterocycles. The number of Topliss-reactive ketones (excluding diaryl/α,β-unsaturated/α-hetero) is 1. The van der Waals surface area contributed by atoms with Crippen LogP contribution in [0.1, 0.15) is 50.8 Å². The summed E-state index contributed by atoms with van der Waals surface area (Å²) in [7, 11) is 0. The molecule has 3 N–H and O–H groups in total. The van der Waals surface area contributed by atoms with E-state index in [2.05, 4.69) is 15.0 Å². The number of aromatic amines is 1. The molecule has 0 bridgehead atoms. The molecule has 0 radical (unpaired) electrons. The topological polar surface area (TPSA) is 84.7 Å². The fourth-order valence-corrected chi connectivity index (χ4v) is 1.45. The summed E-state index contributed by atoms with van der Waals surface area (Å²) in [6.45, 7) is 11.2. The average molecular weight is 250 g/mol. The second kappa shape index (κ2) is 7.42. The Balaban J connectivity index is 0.000000659. The van der Waals surface area contributed by atoms with Gasteiger partial charge < -0.3 is 10.7 Å². The van der Waals surface area contributed by atoms with Gasteiger partial charge in [0.05, 0.1) is 5.39 Å². The highest BCUT2D eigenvalue weighted by Gasteiger charge is 2.12. The van der Waals surface area contributed by atoms with E-state index in [1.807, 2.05) is 27.7 Å². The smallest absolute Gasteiger partial charge is 0.162 e. The third-order valence-corrected chi connectivity index (χ3v) is 2.05. The summed E-state index contributed by atoms with van der Waals surface area (Å²) in [6.07, 6.45) is 1.61. The second-order valence-corrected chi connectivity index (χ2v) is 3.14. The van der Waals surface area contributed by atoms with Crippen LogP contribution < -0.4 is 5.73 Å². The Morgan fingerprint density at radius 1 is 1.22 bits per heavy atom. The lowest BCUT2D eigenvalue weighted by Gasteiger charge is -1.98. The maximum absolute atomic E-state index is 11.2. The van der Waals surface area contributed by atoms with E-state index in [9.17, 15) is 4.79 Å². The third kappa shape index (κ3) is 3.29. The monoisotopic (exact) mass is 250 g/mol. The maximum atomic E-state index is 11.2. The van der Waals surface area contributed by atoms with Gasteiger partial charge in [-0.2, -0.15) is 0 Å². The molecule has 0 spiro atoms. The van der Waals surface area contributed by atoms with Crippen molar-refractivity contribution in [3.8, 4) is 0 Å². The highest BCUT2D eigenvalue weighted by molar-refractivity contribution is 6.09. The number of carbonyl (C=O) groups excluding carboxylic acids is 1. The molecule has 0 amide bonds. The van der Waals surface area contributed by atoms with Crippen LogP contribution in [0, 0.1) is 6.92 Å². The quantitative estimate of drug-likeness (QED) is 0.761. The van der Waals surface area contributed by atoms with Crippen molar-refractivity contribution in [2.75, 3.05) is 5.73 Å². The summed E-state index contributed by atoms with van der Waals surface area (Å²) < 4.78 is 0. The van der Waals surface area contributed by atoms with Crippen molar-refractivity contribution in [3.63, 3.8) is 0 Å². The Kier molecular flexibility index (Phi) is 6.63. The molecule has 2 aromatic heterocycles. The molecule has 2 heterocycles. The molecule has 0 saturated heterocycles. The molecule has 0 fully saturated rings. The van der Waals surface area contributed by atoms with Gasteiger partial charge in [0, 0.05) is 11.8 Å². The zero-order valence-electron chi connectivity index (χ0n) is 12.0. The summed E-state index contributed by atoms with van der Waals surface area (Å²) >= 11 is 0. The highest BCUT2D eigenvalue weighted by atomic mass is 16.1. The summed E-state index contributed by atoms with van der Waals surface area (Å²) in [5.74, 6) is 0.890. The number of nitrogen functional groups attached to an aromatic ring is 1. The van der Waals surface area contributed by atoms with Gasteiger partial charge in [0.15, 0.2) is 5.78 Å². The Morgan fingerprint density at radius 2 is 1.78 bits per heavy atom. The summed E-state index contributed by atoms with van der Waals surface area (Å²) in [6, 6.07) is 0. The van der Waals surface area contributed by atoms with E-state index in [0.717, 1.165) is 0 Å². The van der Waals surface area contributed by atoms with Crippen molar-refractivity contribution in [1.82, 2.24) is 15.0 Å². The fraction of sp³-hybridized carbons (Fsp3) is 0.462. The molecule has 0 atom stereocenters. The molecule has 0 aromatic carbocycles. The van der Waals surface area contributed by atoms with Crippen molar-refractivity contribution in [2.24, 2.45) is 0 Å². The largest absolute Gasteiger partial charge is 0.383 e. The Hall–Kier alpha value is -1.91. The first-order valence-electron chi connectivity index (χ1n) is 6.21. The Labute approximate surface area is 108 Å². The number of anilines is 1. The van der Waals surface area contributed by atoms with Gasteiger partial charge in [0.25, 0.3) is 0 Å². The summed E-state index contributed by atoms with van der Waals surface area (Å²) in [4.78, 5) is 22.3. The van der Waals surface area contributed by atoms with Gasteiger partial charge in [-0.05, 0) is 13.8 Å². The Morgan fingerprint density at radius 3 is 2.28 bits per heavy atom. The van der Waals surface area contributed by atoms with Gasteiger partial charge in [-0.25, -0.2) is 9.97 Å². The van der Waals surface area contributed by atoms with Crippen LogP contribution in [-0.4, -0.2) is 20.7 Å². The molecule has 100 valence electrons. The van der Waals surface area contributed by atoms with Crippen molar-refractivity contribution < 1.29 is 4.79 Å². The zero-order chi connectivity index (χ0) is 14.3. The molecule has 0 unspecified atom stereocenters. The molecular formula is C13H22N4O. The number of ketones is 1.